The van der Waals surface area contributed by atoms with E-state index in [1.54, 1.807) is 31.2 Å². The average Bonchev–Trinajstić information content (AvgIpc) is 2.89. The summed E-state index contributed by atoms with van der Waals surface area (Å²) in [5.41, 5.74) is 5.56. The number of fused-ring (bicyclic) bond motifs is 1. The van der Waals surface area contributed by atoms with Gasteiger partial charge < -0.3 is 16.0 Å². The van der Waals surface area contributed by atoms with Crippen LogP contribution in [0.3, 0.4) is 0 Å². The Morgan fingerprint density at radius 2 is 1.31 bits per heavy atom. The van der Waals surface area contributed by atoms with Gasteiger partial charge in [-0.25, -0.2) is 5.43 Å². The van der Waals surface area contributed by atoms with E-state index in [2.05, 4.69) is 26.5 Å². The molecule has 0 bridgehead atoms. The van der Waals surface area contributed by atoms with E-state index in [1.807, 2.05) is 72.8 Å². The molecule has 8 heteroatoms. The molecule has 0 radical (unpaired) electrons. The number of anilines is 4. The van der Waals surface area contributed by atoms with E-state index in [-0.39, 0.29) is 12.3 Å². The van der Waals surface area contributed by atoms with Crippen molar-refractivity contribution in [3.05, 3.63) is 97.1 Å². The van der Waals surface area contributed by atoms with Crippen molar-refractivity contribution in [2.24, 2.45) is 5.10 Å². The van der Waals surface area contributed by atoms with Crippen molar-refractivity contribution in [2.75, 3.05) is 16.0 Å². The Morgan fingerprint density at radius 1 is 0.667 bits per heavy atom. The molecule has 0 atom stereocenters. The molecular weight excluding hydrogens is 454 g/mol. The number of benzene rings is 4. The predicted octanol–water partition coefficient (Wildman–Crippen LogP) is 5.04. The second-order valence-corrected chi connectivity index (χ2v) is 8.06. The van der Waals surface area contributed by atoms with Crippen molar-refractivity contribution >= 4 is 57.0 Å². The summed E-state index contributed by atoms with van der Waals surface area (Å²) in [5.74, 6) is -2.07. The molecule has 36 heavy (non-hydrogen) atoms. The summed E-state index contributed by atoms with van der Waals surface area (Å²) in [4.78, 5) is 36.8. The Labute approximate surface area is 208 Å². The smallest absolute Gasteiger partial charge is 0.329 e. The topological polar surface area (TPSA) is 112 Å². The van der Waals surface area contributed by atoms with E-state index >= 15 is 0 Å². The lowest BCUT2D eigenvalue weighted by Crippen LogP contribution is -2.33. The summed E-state index contributed by atoms with van der Waals surface area (Å²) in [6.45, 7) is 1.59. The number of hydrazone groups is 1. The maximum atomic E-state index is 12.3. The molecule has 0 saturated carbocycles. The van der Waals surface area contributed by atoms with Gasteiger partial charge in [-0.15, -0.1) is 0 Å². The number of hydrogen-bond donors (Lipinski definition) is 4. The van der Waals surface area contributed by atoms with Crippen LogP contribution in [0.1, 0.15) is 13.3 Å². The highest BCUT2D eigenvalue weighted by Gasteiger charge is 2.15. The van der Waals surface area contributed by atoms with Crippen LogP contribution in [-0.2, 0) is 14.4 Å². The lowest BCUT2D eigenvalue weighted by Gasteiger charge is -2.09. The monoisotopic (exact) mass is 479 g/mol. The third-order valence-electron chi connectivity index (χ3n) is 5.24. The summed E-state index contributed by atoms with van der Waals surface area (Å²) in [6, 6.07) is 30.0. The number of carbonyl (C=O) groups is 3. The molecule has 0 aliphatic carbocycles. The molecule has 0 aromatic heterocycles. The van der Waals surface area contributed by atoms with Crippen molar-refractivity contribution < 1.29 is 14.4 Å². The van der Waals surface area contributed by atoms with Crippen LogP contribution in [0.5, 0.6) is 0 Å². The molecule has 4 rings (SSSR count). The molecule has 8 nitrogen and oxygen atoms in total. The van der Waals surface area contributed by atoms with Gasteiger partial charge in [0.25, 0.3) is 0 Å². The number of hydrogen-bond acceptors (Lipinski definition) is 5. The van der Waals surface area contributed by atoms with Crippen LogP contribution >= 0.6 is 0 Å². The van der Waals surface area contributed by atoms with Gasteiger partial charge in [0.05, 0.1) is 6.42 Å². The standard InChI is InChI=1S/C28H25N5O3/c1-19(18-26(34)30-23-16-14-22(15-17-23)29-21-10-3-2-4-11-21)32-33-28(36)27(35)31-25-13-7-9-20-8-5-6-12-24(20)25/h2-17,29H,18H2,1H3,(H,30,34)(H,31,35)(H,33,36)/b32-19-. The summed E-state index contributed by atoms with van der Waals surface area (Å²) in [6.07, 6.45) is -0.0464. The van der Waals surface area contributed by atoms with Gasteiger partial charge in [-0.2, -0.15) is 5.10 Å². The number of nitrogens with one attached hydrogen (secondary N) is 4. The Morgan fingerprint density at radius 3 is 2.08 bits per heavy atom. The first-order chi connectivity index (χ1) is 17.5. The molecule has 0 fully saturated rings. The van der Waals surface area contributed by atoms with Gasteiger partial charge in [0, 0.05) is 33.8 Å². The lowest BCUT2D eigenvalue weighted by atomic mass is 10.1. The Kier molecular flexibility index (Phi) is 7.67. The lowest BCUT2D eigenvalue weighted by molar-refractivity contribution is -0.136. The van der Waals surface area contributed by atoms with Crippen LogP contribution in [0, 0.1) is 0 Å². The Hall–Kier alpha value is -4.98. The SMILES string of the molecule is C/C(CC(=O)Nc1ccc(Nc2ccccc2)cc1)=N/NC(=O)C(=O)Nc1cccc2ccccc12. The maximum absolute atomic E-state index is 12.3. The zero-order chi connectivity index (χ0) is 25.3. The van der Waals surface area contributed by atoms with Crippen molar-refractivity contribution in [3.63, 3.8) is 0 Å². The number of nitrogens with zero attached hydrogens (tertiary/aromatic N) is 1. The van der Waals surface area contributed by atoms with Gasteiger partial charge in [-0.3, -0.25) is 14.4 Å². The van der Waals surface area contributed by atoms with E-state index in [0.717, 1.165) is 22.1 Å². The highest BCUT2D eigenvalue weighted by atomic mass is 16.2. The molecule has 0 spiro atoms. The number of para-hydroxylation sites is 1. The quantitative estimate of drug-likeness (QED) is 0.169. The number of amides is 3. The van der Waals surface area contributed by atoms with Gasteiger partial charge >= 0.3 is 11.8 Å². The summed E-state index contributed by atoms with van der Waals surface area (Å²) >= 11 is 0. The normalized spacial score (nSPS) is 11.0. The van der Waals surface area contributed by atoms with Crippen LogP contribution in [0.15, 0.2) is 102 Å². The predicted molar refractivity (Wildman–Crippen MR) is 143 cm³/mol. The first-order valence-corrected chi connectivity index (χ1v) is 11.3. The van der Waals surface area contributed by atoms with Crippen LogP contribution in [0.4, 0.5) is 22.7 Å². The van der Waals surface area contributed by atoms with Crippen molar-refractivity contribution in [1.82, 2.24) is 5.43 Å². The average molecular weight is 480 g/mol. The van der Waals surface area contributed by atoms with Crippen molar-refractivity contribution in [1.29, 1.82) is 0 Å². The molecular formula is C28H25N5O3. The van der Waals surface area contributed by atoms with Gasteiger partial charge in [0.15, 0.2) is 0 Å². The molecule has 3 amide bonds. The highest BCUT2D eigenvalue weighted by Crippen LogP contribution is 2.23. The second kappa shape index (κ2) is 11.4. The third-order valence-corrected chi connectivity index (χ3v) is 5.24. The zero-order valence-electron chi connectivity index (χ0n) is 19.6. The summed E-state index contributed by atoms with van der Waals surface area (Å²) in [5, 5.41) is 14.3. The van der Waals surface area contributed by atoms with E-state index in [9.17, 15) is 14.4 Å². The molecule has 0 unspecified atom stereocenters. The van der Waals surface area contributed by atoms with E-state index in [0.29, 0.717) is 17.1 Å². The summed E-state index contributed by atoms with van der Waals surface area (Å²) < 4.78 is 0. The third kappa shape index (κ3) is 6.54. The van der Waals surface area contributed by atoms with Crippen LogP contribution < -0.4 is 21.4 Å². The molecule has 180 valence electrons. The van der Waals surface area contributed by atoms with Crippen LogP contribution in [-0.4, -0.2) is 23.4 Å². The van der Waals surface area contributed by atoms with Crippen molar-refractivity contribution in [2.45, 2.75) is 13.3 Å². The number of carbonyl (C=O) groups excluding carboxylic acids is 3. The minimum atomic E-state index is -0.927. The fourth-order valence-corrected chi connectivity index (χ4v) is 3.51. The second-order valence-electron chi connectivity index (χ2n) is 8.06. The largest absolute Gasteiger partial charge is 0.356 e. The van der Waals surface area contributed by atoms with Crippen molar-refractivity contribution in [3.8, 4) is 0 Å². The molecule has 4 aromatic carbocycles. The molecule has 4 aromatic rings. The van der Waals surface area contributed by atoms with E-state index < -0.39 is 11.8 Å². The maximum Gasteiger partial charge on any atom is 0.329 e. The molecule has 0 heterocycles. The fourth-order valence-electron chi connectivity index (χ4n) is 3.51. The van der Waals surface area contributed by atoms with E-state index in [1.165, 1.54) is 0 Å². The van der Waals surface area contributed by atoms with Crippen LogP contribution in [0.25, 0.3) is 10.8 Å². The Balaban J connectivity index is 1.26. The molecule has 0 aliphatic heterocycles. The first-order valence-electron chi connectivity index (χ1n) is 11.3. The Bertz CT molecular complexity index is 1410. The van der Waals surface area contributed by atoms with Gasteiger partial charge in [-0.05, 0) is 54.8 Å². The minimum absolute atomic E-state index is 0.0464. The van der Waals surface area contributed by atoms with Crippen LogP contribution in [0.2, 0.25) is 0 Å². The first kappa shape index (κ1) is 24.2. The molecule has 0 aliphatic rings. The van der Waals surface area contributed by atoms with E-state index in [4.69, 9.17) is 0 Å². The summed E-state index contributed by atoms with van der Waals surface area (Å²) in [7, 11) is 0. The van der Waals surface area contributed by atoms with Gasteiger partial charge in [-0.1, -0.05) is 54.6 Å². The fraction of sp³-hybridized carbons (Fsp3) is 0.0714. The highest BCUT2D eigenvalue weighted by molar-refractivity contribution is 6.40. The van der Waals surface area contributed by atoms with Gasteiger partial charge in [0.2, 0.25) is 5.91 Å². The van der Waals surface area contributed by atoms with Gasteiger partial charge in [0.1, 0.15) is 0 Å². The minimum Gasteiger partial charge on any atom is -0.356 e. The molecule has 4 N–H and O–H groups in total. The zero-order valence-corrected chi connectivity index (χ0v) is 19.6. The molecule has 0 saturated heterocycles. The number of rotatable bonds is 7.